The maximum absolute atomic E-state index is 12.7. The topological polar surface area (TPSA) is 63.4 Å². The van der Waals surface area contributed by atoms with Gasteiger partial charge in [-0.15, -0.1) is 0 Å². The van der Waals surface area contributed by atoms with Gasteiger partial charge in [0, 0.05) is 19.6 Å². The maximum atomic E-state index is 12.7. The molecule has 1 aromatic rings. The highest BCUT2D eigenvalue weighted by Gasteiger charge is 2.32. The summed E-state index contributed by atoms with van der Waals surface area (Å²) in [6, 6.07) is 3.80. The van der Waals surface area contributed by atoms with Crippen LogP contribution in [0, 0.1) is 13.8 Å². The molecule has 0 atom stereocenters. The highest BCUT2D eigenvalue weighted by molar-refractivity contribution is 7.89. The van der Waals surface area contributed by atoms with Crippen molar-refractivity contribution in [2.45, 2.75) is 50.6 Å². The molecular weight excluding hydrogens is 260 g/mol. The van der Waals surface area contributed by atoms with Crippen LogP contribution in [-0.4, -0.2) is 25.8 Å². The highest BCUT2D eigenvalue weighted by Crippen LogP contribution is 2.30. The Morgan fingerprint density at radius 2 is 1.89 bits per heavy atom. The summed E-state index contributed by atoms with van der Waals surface area (Å²) in [5.74, 6) is 0. The number of sulfonamides is 1. The summed E-state index contributed by atoms with van der Waals surface area (Å²) in [6.07, 6.45) is 3.04. The summed E-state index contributed by atoms with van der Waals surface area (Å²) >= 11 is 0. The standard InChI is InChI=1S/C14H22N2O2S/c1-10-7-11(2)14(8-12(10)9-15)19(17,18)16(3)13-5-4-6-13/h7-8,13H,4-6,9,15H2,1-3H3. The molecule has 1 aliphatic rings. The summed E-state index contributed by atoms with van der Waals surface area (Å²) in [5, 5.41) is 0. The van der Waals surface area contributed by atoms with Crippen molar-refractivity contribution in [3.05, 3.63) is 28.8 Å². The van der Waals surface area contributed by atoms with Crippen LogP contribution in [-0.2, 0) is 16.6 Å². The van der Waals surface area contributed by atoms with Crippen LogP contribution >= 0.6 is 0 Å². The first-order chi connectivity index (χ1) is 8.87. The molecule has 0 spiro atoms. The van der Waals surface area contributed by atoms with Crippen molar-refractivity contribution in [2.75, 3.05) is 7.05 Å². The molecule has 0 bridgehead atoms. The van der Waals surface area contributed by atoms with Gasteiger partial charge in [-0.2, -0.15) is 4.31 Å². The van der Waals surface area contributed by atoms with Crippen molar-refractivity contribution in [3.8, 4) is 0 Å². The van der Waals surface area contributed by atoms with Gasteiger partial charge in [0.05, 0.1) is 4.90 Å². The van der Waals surface area contributed by atoms with Crippen LogP contribution < -0.4 is 5.73 Å². The summed E-state index contributed by atoms with van der Waals surface area (Å²) in [5.41, 5.74) is 8.41. The Morgan fingerprint density at radius 3 is 2.37 bits per heavy atom. The molecule has 106 valence electrons. The van der Waals surface area contributed by atoms with Gasteiger partial charge in [0.1, 0.15) is 0 Å². The van der Waals surface area contributed by atoms with Crippen LogP contribution in [0.25, 0.3) is 0 Å². The molecule has 0 amide bonds. The minimum atomic E-state index is -3.40. The van der Waals surface area contributed by atoms with E-state index in [9.17, 15) is 8.42 Å². The Hall–Kier alpha value is -0.910. The summed E-state index contributed by atoms with van der Waals surface area (Å²) in [4.78, 5) is 0.396. The van der Waals surface area contributed by atoms with Gasteiger partial charge < -0.3 is 5.73 Å². The first kappa shape index (κ1) is 14.5. The maximum Gasteiger partial charge on any atom is 0.243 e. The second-order valence-electron chi connectivity index (χ2n) is 5.35. The monoisotopic (exact) mass is 282 g/mol. The van der Waals surface area contributed by atoms with E-state index in [1.807, 2.05) is 19.9 Å². The third-order valence-electron chi connectivity index (χ3n) is 4.10. The van der Waals surface area contributed by atoms with Crippen molar-refractivity contribution in [1.29, 1.82) is 0 Å². The zero-order valence-corrected chi connectivity index (χ0v) is 12.6. The largest absolute Gasteiger partial charge is 0.326 e. The normalized spacial score (nSPS) is 16.7. The van der Waals surface area contributed by atoms with Gasteiger partial charge in [-0.3, -0.25) is 0 Å². The SMILES string of the molecule is Cc1cc(C)c(S(=O)(=O)N(C)C2CCC2)cc1CN. The lowest BCUT2D eigenvalue weighted by atomic mass is 9.94. The van der Waals surface area contributed by atoms with E-state index in [1.54, 1.807) is 13.1 Å². The predicted molar refractivity (Wildman–Crippen MR) is 76.4 cm³/mol. The van der Waals surface area contributed by atoms with E-state index in [4.69, 9.17) is 5.73 Å². The number of benzene rings is 1. The van der Waals surface area contributed by atoms with Crippen molar-refractivity contribution < 1.29 is 8.42 Å². The molecule has 0 unspecified atom stereocenters. The molecule has 19 heavy (non-hydrogen) atoms. The Bertz CT molecular complexity index is 577. The number of rotatable bonds is 4. The summed E-state index contributed by atoms with van der Waals surface area (Å²) in [6.45, 7) is 4.16. The van der Waals surface area contributed by atoms with Crippen LogP contribution in [0.15, 0.2) is 17.0 Å². The minimum absolute atomic E-state index is 0.159. The molecule has 2 N–H and O–H groups in total. The molecule has 0 heterocycles. The quantitative estimate of drug-likeness (QED) is 0.918. The molecule has 1 saturated carbocycles. The van der Waals surface area contributed by atoms with Crippen molar-refractivity contribution in [3.63, 3.8) is 0 Å². The molecule has 1 aromatic carbocycles. The smallest absolute Gasteiger partial charge is 0.243 e. The first-order valence-electron chi connectivity index (χ1n) is 6.66. The molecule has 2 rings (SSSR count). The molecule has 5 heteroatoms. The van der Waals surface area contributed by atoms with E-state index in [0.29, 0.717) is 11.4 Å². The molecule has 1 aliphatic carbocycles. The van der Waals surface area contributed by atoms with Gasteiger partial charge in [-0.1, -0.05) is 12.5 Å². The van der Waals surface area contributed by atoms with E-state index < -0.39 is 10.0 Å². The lowest BCUT2D eigenvalue weighted by molar-refractivity contribution is 0.249. The van der Waals surface area contributed by atoms with Crippen LogP contribution in [0.4, 0.5) is 0 Å². The Morgan fingerprint density at radius 1 is 1.26 bits per heavy atom. The van der Waals surface area contributed by atoms with Gasteiger partial charge in [0.15, 0.2) is 0 Å². The van der Waals surface area contributed by atoms with Crippen molar-refractivity contribution in [1.82, 2.24) is 4.31 Å². The number of hydrogen-bond donors (Lipinski definition) is 1. The number of nitrogens with two attached hydrogens (primary N) is 1. The van der Waals surface area contributed by atoms with E-state index in [-0.39, 0.29) is 6.04 Å². The fourth-order valence-corrected chi connectivity index (χ4v) is 4.14. The van der Waals surface area contributed by atoms with E-state index in [2.05, 4.69) is 0 Å². The molecule has 4 nitrogen and oxygen atoms in total. The van der Waals surface area contributed by atoms with E-state index in [0.717, 1.165) is 36.0 Å². The van der Waals surface area contributed by atoms with Crippen LogP contribution in [0.3, 0.4) is 0 Å². The van der Waals surface area contributed by atoms with Gasteiger partial charge in [-0.25, -0.2) is 8.42 Å². The average molecular weight is 282 g/mol. The lowest BCUT2D eigenvalue weighted by Gasteiger charge is -2.34. The Kier molecular flexibility index (Phi) is 3.99. The molecule has 0 aliphatic heterocycles. The van der Waals surface area contributed by atoms with Crippen LogP contribution in [0.2, 0.25) is 0 Å². The fourth-order valence-electron chi connectivity index (χ4n) is 2.47. The third-order valence-corrected chi connectivity index (χ3v) is 6.15. The third kappa shape index (κ3) is 2.55. The average Bonchev–Trinajstić information content (AvgIpc) is 2.26. The summed E-state index contributed by atoms with van der Waals surface area (Å²) in [7, 11) is -1.72. The first-order valence-corrected chi connectivity index (χ1v) is 8.10. The predicted octanol–water partition coefficient (Wildman–Crippen LogP) is 1.94. The fraction of sp³-hybridized carbons (Fsp3) is 0.571. The number of hydrogen-bond acceptors (Lipinski definition) is 3. The second-order valence-corrected chi connectivity index (χ2v) is 7.32. The molecule has 0 aromatic heterocycles. The van der Waals surface area contributed by atoms with Gasteiger partial charge >= 0.3 is 0 Å². The molecular formula is C14H22N2O2S. The molecule has 1 fully saturated rings. The van der Waals surface area contributed by atoms with Crippen molar-refractivity contribution >= 4 is 10.0 Å². The Balaban J connectivity index is 2.44. The lowest BCUT2D eigenvalue weighted by Crippen LogP contribution is -2.41. The van der Waals surface area contributed by atoms with Gasteiger partial charge in [0.25, 0.3) is 0 Å². The molecule has 0 saturated heterocycles. The van der Waals surface area contributed by atoms with Crippen LogP contribution in [0.5, 0.6) is 0 Å². The van der Waals surface area contributed by atoms with Crippen LogP contribution in [0.1, 0.15) is 36.0 Å². The second kappa shape index (κ2) is 5.23. The van der Waals surface area contributed by atoms with E-state index >= 15 is 0 Å². The van der Waals surface area contributed by atoms with Crippen molar-refractivity contribution in [2.24, 2.45) is 5.73 Å². The number of aryl methyl sites for hydroxylation is 2. The zero-order chi connectivity index (χ0) is 14.2. The molecule has 0 radical (unpaired) electrons. The number of nitrogens with zero attached hydrogens (tertiary/aromatic N) is 1. The summed E-state index contributed by atoms with van der Waals surface area (Å²) < 4.78 is 26.8. The minimum Gasteiger partial charge on any atom is -0.326 e. The Labute approximate surface area is 115 Å². The van der Waals surface area contributed by atoms with E-state index in [1.165, 1.54) is 4.31 Å². The highest BCUT2D eigenvalue weighted by atomic mass is 32.2. The van der Waals surface area contributed by atoms with Gasteiger partial charge in [-0.05, 0) is 49.4 Å². The zero-order valence-electron chi connectivity index (χ0n) is 11.8. The van der Waals surface area contributed by atoms with Gasteiger partial charge in [0.2, 0.25) is 10.0 Å².